The molecular formula is H10K2O21P6. The summed E-state index contributed by atoms with van der Waals surface area (Å²) in [7, 11) is -34.1. The Morgan fingerprint density at radius 2 is 0.414 bits per heavy atom. The first kappa shape index (κ1) is 43.2. The van der Waals surface area contributed by atoms with Crippen molar-refractivity contribution in [3.05, 3.63) is 0 Å². The van der Waals surface area contributed by atoms with E-state index in [0.29, 0.717) is 0 Å². The summed E-state index contributed by atoms with van der Waals surface area (Å²) >= 11 is 0. The summed E-state index contributed by atoms with van der Waals surface area (Å²) < 4.78 is 63.5. The van der Waals surface area contributed by atoms with E-state index < -0.39 is 46.9 Å². The summed E-state index contributed by atoms with van der Waals surface area (Å²) in [4.78, 5) is 112. The van der Waals surface area contributed by atoms with Gasteiger partial charge >= 0.3 is 117 Å². The first-order chi connectivity index (χ1) is 11.1. The van der Waals surface area contributed by atoms with E-state index in [1.54, 1.807) is 0 Å². The maximum atomic E-state index is 9.32. The minimum atomic E-state index is -5.68. The Balaban J connectivity index is -0.0000000148. The van der Waals surface area contributed by atoms with Crippen molar-refractivity contribution in [3.8, 4) is 0 Å². The Morgan fingerprint density at radius 1 is 0.345 bits per heavy atom. The van der Waals surface area contributed by atoms with Crippen molar-refractivity contribution in [1.82, 2.24) is 0 Å². The number of hydrogen-bond donors (Lipinski definition) is 0. The summed E-state index contributed by atoms with van der Waals surface area (Å²) in [6, 6.07) is 0. The monoisotopic (exact) mass is 610 g/mol. The molecule has 0 aliphatic heterocycles. The van der Waals surface area contributed by atoms with Crippen molar-refractivity contribution in [3.63, 3.8) is 0 Å². The molecule has 0 rings (SSSR count). The Kier molecular flexibility index (Phi) is 24.8. The van der Waals surface area contributed by atoms with Gasteiger partial charge in [-0.15, -0.1) is 0 Å². The van der Waals surface area contributed by atoms with Crippen LogP contribution in [0.15, 0.2) is 0 Å². The van der Waals surface area contributed by atoms with Gasteiger partial charge in [-0.25, -0.2) is 0 Å². The SMILES string of the molecule is O=P([O-])([O-])OP(=O)([O-])[O-].O=P([O-])([O-])OP(=O)([O-])[O-].O=P([O-])([O-])OP(=O)([O-])[O-].[H+].[H+].[H+].[H+].[H+].[H+].[H+].[H+].[H+].[H+].[K+].[K+]. The summed E-state index contributed by atoms with van der Waals surface area (Å²) in [5.74, 6) is 0. The first-order valence-electron chi connectivity index (χ1n) is 4.38. The minimum Gasteiger partial charge on any atom is -0.790 e. The molecular weight excluding hydrogens is 600 g/mol. The average Bonchev–Trinajstić information content (AvgIpc) is 1.96. The zero-order valence-electron chi connectivity index (χ0n) is 23.3. The fraction of sp³-hybridized carbons (Fsp3) is 0. The summed E-state index contributed by atoms with van der Waals surface area (Å²) in [6.07, 6.45) is 0. The van der Waals surface area contributed by atoms with E-state index in [1.807, 2.05) is 0 Å². The van der Waals surface area contributed by atoms with Crippen molar-refractivity contribution in [2.75, 3.05) is 0 Å². The van der Waals surface area contributed by atoms with Crippen LogP contribution >= 0.6 is 46.9 Å². The first-order valence-corrected chi connectivity index (χ1v) is 13.1. The predicted octanol–water partition coefficient (Wildman–Crippen LogP) is -14.9. The Labute approximate surface area is 259 Å². The van der Waals surface area contributed by atoms with Crippen molar-refractivity contribution in [1.29, 1.82) is 0 Å². The number of rotatable bonds is 6. The van der Waals surface area contributed by atoms with Crippen LogP contribution in [0.2, 0.25) is 0 Å². The van der Waals surface area contributed by atoms with Crippen LogP contribution < -0.4 is 161 Å². The van der Waals surface area contributed by atoms with Gasteiger partial charge in [0.2, 0.25) is 0 Å². The standard InChI is InChI=1S/2K.3H4O7P2/c;;3*1-8(2,3)7-9(4,5)6/h;;3*(H2,1,2,3)(H2,4,5,6)/q2*+1;;;/p-2. The topological polar surface area (TPSA) is 407 Å². The maximum Gasteiger partial charge on any atom is 1.00 e. The van der Waals surface area contributed by atoms with Gasteiger partial charge in [-0.1, -0.05) is 0 Å². The summed E-state index contributed by atoms with van der Waals surface area (Å²) in [6.45, 7) is 0. The van der Waals surface area contributed by atoms with E-state index >= 15 is 0 Å². The molecule has 0 radical (unpaired) electrons. The number of hydrogen-bond acceptors (Lipinski definition) is 21. The second-order valence-electron chi connectivity index (χ2n) is 2.93. The minimum absolute atomic E-state index is 0. The largest absolute Gasteiger partial charge is 1.00 e. The molecule has 0 unspecified atom stereocenters. The molecule has 0 atom stereocenters. The van der Waals surface area contributed by atoms with E-state index in [4.69, 9.17) is 0 Å². The van der Waals surface area contributed by atoms with E-state index in [1.165, 1.54) is 0 Å². The molecule has 0 amide bonds. The molecule has 0 aromatic heterocycles. The second kappa shape index (κ2) is 16.7. The van der Waals surface area contributed by atoms with Crippen LogP contribution in [-0.2, 0) is 40.3 Å². The zero-order valence-corrected chi connectivity index (χ0v) is 24.9. The van der Waals surface area contributed by atoms with Gasteiger partial charge in [-0.05, 0) is 0 Å². The van der Waals surface area contributed by atoms with Crippen LogP contribution in [0.3, 0.4) is 0 Å². The molecule has 0 fully saturated rings. The van der Waals surface area contributed by atoms with E-state index in [0.717, 1.165) is 0 Å². The van der Waals surface area contributed by atoms with Crippen LogP contribution in [0.1, 0.15) is 14.3 Å². The molecule has 0 N–H and O–H groups in total. The van der Waals surface area contributed by atoms with Crippen molar-refractivity contribution < 1.29 is 216 Å². The molecule has 0 bridgehead atoms. The molecule has 29 heteroatoms. The molecule has 0 aliphatic rings. The summed E-state index contributed by atoms with van der Waals surface area (Å²) in [5, 5.41) is 0. The van der Waals surface area contributed by atoms with Gasteiger partial charge in [0.25, 0.3) is 0 Å². The van der Waals surface area contributed by atoms with Crippen LogP contribution in [0.25, 0.3) is 0 Å². The smallest absolute Gasteiger partial charge is 0.790 e. The molecule has 0 saturated heterocycles. The fourth-order valence-electron chi connectivity index (χ4n) is 0.367. The zero-order chi connectivity index (χ0) is 23.1. The molecule has 0 saturated carbocycles. The Bertz CT molecular complexity index is 584. The van der Waals surface area contributed by atoms with Gasteiger partial charge in [0.05, 0.1) is 46.9 Å². The van der Waals surface area contributed by atoms with E-state index in [-0.39, 0.29) is 117 Å². The normalized spacial score (nSPS) is 12.8. The Hall–Kier alpha value is 4.05. The number of phosphoric acid groups is 6. The van der Waals surface area contributed by atoms with Crippen LogP contribution in [-0.4, -0.2) is 0 Å². The van der Waals surface area contributed by atoms with Crippen LogP contribution in [0.4, 0.5) is 0 Å². The predicted molar refractivity (Wildman–Crippen MR) is 60.0 cm³/mol. The molecule has 29 heavy (non-hydrogen) atoms. The van der Waals surface area contributed by atoms with Crippen LogP contribution in [0, 0.1) is 0 Å². The fourth-order valence-corrected chi connectivity index (χ4v) is 3.31. The van der Waals surface area contributed by atoms with Gasteiger partial charge in [-0.2, -0.15) is 0 Å². The molecule has 0 aliphatic carbocycles. The third-order valence-electron chi connectivity index (χ3n) is 0.600. The molecule has 0 spiro atoms. The summed E-state index contributed by atoms with van der Waals surface area (Å²) in [5.41, 5.74) is 0. The maximum absolute atomic E-state index is 9.32. The van der Waals surface area contributed by atoms with Crippen molar-refractivity contribution in [2.24, 2.45) is 0 Å². The Morgan fingerprint density at radius 3 is 0.414 bits per heavy atom. The van der Waals surface area contributed by atoms with Gasteiger partial charge in [0, 0.05) is 0 Å². The van der Waals surface area contributed by atoms with Crippen molar-refractivity contribution in [2.45, 2.75) is 0 Å². The average molecular weight is 610 g/mol. The van der Waals surface area contributed by atoms with Gasteiger partial charge in [0.1, 0.15) is 0 Å². The van der Waals surface area contributed by atoms with Crippen molar-refractivity contribution >= 4 is 46.9 Å². The molecule has 168 valence electrons. The molecule has 0 heterocycles. The van der Waals surface area contributed by atoms with Gasteiger partial charge in [0.15, 0.2) is 0 Å². The van der Waals surface area contributed by atoms with E-state index in [9.17, 15) is 86.1 Å². The van der Waals surface area contributed by atoms with Gasteiger partial charge in [-0.3, -0.25) is 0 Å². The second-order valence-corrected chi connectivity index (χ2v) is 10.3. The van der Waals surface area contributed by atoms with Crippen LogP contribution in [0.5, 0.6) is 0 Å². The molecule has 0 aromatic carbocycles. The molecule has 21 nitrogen and oxygen atoms in total. The molecule has 0 aromatic rings. The van der Waals surface area contributed by atoms with E-state index in [2.05, 4.69) is 12.9 Å². The quantitative estimate of drug-likeness (QED) is 0.199. The third-order valence-corrected chi connectivity index (χ3v) is 5.40. The van der Waals surface area contributed by atoms with Gasteiger partial charge < -0.3 is 99.0 Å². The third kappa shape index (κ3) is 59.5.